The van der Waals surface area contributed by atoms with Gasteiger partial charge in [-0.15, -0.1) is 0 Å². The largest absolute Gasteiger partial charge is 0.481 e. The summed E-state index contributed by atoms with van der Waals surface area (Å²) in [5, 5.41) is 8.65. The van der Waals surface area contributed by atoms with E-state index < -0.39 is 5.97 Å². The van der Waals surface area contributed by atoms with E-state index in [-0.39, 0.29) is 6.42 Å². The summed E-state index contributed by atoms with van der Waals surface area (Å²) in [7, 11) is 0. The van der Waals surface area contributed by atoms with Crippen LogP contribution < -0.4 is 4.90 Å². The Morgan fingerprint density at radius 1 is 1.41 bits per heavy atom. The van der Waals surface area contributed by atoms with Crippen LogP contribution in [0, 0.1) is 5.92 Å². The Bertz CT molecular complexity index is 383. The molecule has 1 fully saturated rings. The van der Waals surface area contributed by atoms with E-state index in [1.165, 1.54) is 12.8 Å². The monoisotopic (exact) mass is 235 g/mol. The molecule has 0 bridgehead atoms. The molecule has 1 aromatic rings. The van der Waals surface area contributed by atoms with E-state index in [1.54, 1.807) is 12.4 Å². The zero-order chi connectivity index (χ0) is 12.3. The number of carbonyl (C=O) groups is 1. The highest BCUT2D eigenvalue weighted by Gasteiger charge is 2.17. The van der Waals surface area contributed by atoms with E-state index in [0.29, 0.717) is 11.5 Å². The third-order valence-electron chi connectivity index (χ3n) is 3.11. The predicted molar refractivity (Wildman–Crippen MR) is 64.0 cm³/mol. The Kier molecular flexibility index (Phi) is 3.56. The fourth-order valence-corrected chi connectivity index (χ4v) is 1.99. The molecular formula is C12H17N3O2. The molecule has 1 aliphatic rings. The number of rotatable bonds is 3. The van der Waals surface area contributed by atoms with Crippen molar-refractivity contribution >= 4 is 11.9 Å². The Labute approximate surface area is 100 Å². The summed E-state index contributed by atoms with van der Waals surface area (Å²) in [6.45, 7) is 4.23. The number of aliphatic carboxylic acids is 1. The second kappa shape index (κ2) is 5.12. The van der Waals surface area contributed by atoms with Crippen molar-refractivity contribution < 1.29 is 9.90 Å². The number of aromatic nitrogens is 2. The van der Waals surface area contributed by atoms with Gasteiger partial charge in [0.2, 0.25) is 5.95 Å². The van der Waals surface area contributed by atoms with Gasteiger partial charge in [-0.25, -0.2) is 9.97 Å². The van der Waals surface area contributed by atoms with Crippen LogP contribution in [-0.2, 0) is 11.2 Å². The van der Waals surface area contributed by atoms with Crippen molar-refractivity contribution in [3.63, 3.8) is 0 Å². The quantitative estimate of drug-likeness (QED) is 0.856. The summed E-state index contributed by atoms with van der Waals surface area (Å²) in [5.41, 5.74) is 0.645. The molecule has 5 nitrogen and oxygen atoms in total. The molecule has 0 atom stereocenters. The molecule has 1 saturated heterocycles. The third kappa shape index (κ3) is 3.15. The minimum Gasteiger partial charge on any atom is -0.481 e. The molecule has 2 heterocycles. The maximum absolute atomic E-state index is 10.5. The lowest BCUT2D eigenvalue weighted by Gasteiger charge is -2.30. The standard InChI is InChI=1S/C12H17N3O2/c1-9-2-4-15(5-3-9)12-13-7-10(8-14-12)6-11(16)17/h7-9H,2-6H2,1H3,(H,16,17). The van der Waals surface area contributed by atoms with Gasteiger partial charge in [0.05, 0.1) is 6.42 Å². The number of carboxylic acid groups (broad SMARTS) is 1. The van der Waals surface area contributed by atoms with Crippen LogP contribution >= 0.6 is 0 Å². The van der Waals surface area contributed by atoms with Gasteiger partial charge >= 0.3 is 5.97 Å². The number of piperidine rings is 1. The van der Waals surface area contributed by atoms with Crippen molar-refractivity contribution in [1.82, 2.24) is 9.97 Å². The number of hydrogen-bond donors (Lipinski definition) is 1. The average Bonchev–Trinajstić information content (AvgIpc) is 2.30. The smallest absolute Gasteiger partial charge is 0.307 e. The van der Waals surface area contributed by atoms with Crippen molar-refractivity contribution in [3.8, 4) is 0 Å². The van der Waals surface area contributed by atoms with Gasteiger partial charge in [-0.3, -0.25) is 4.79 Å². The summed E-state index contributed by atoms with van der Waals surface area (Å²) in [5.74, 6) is 0.636. The van der Waals surface area contributed by atoms with Crippen molar-refractivity contribution in [2.45, 2.75) is 26.2 Å². The van der Waals surface area contributed by atoms with Crippen molar-refractivity contribution in [2.24, 2.45) is 5.92 Å². The first-order valence-electron chi connectivity index (χ1n) is 5.93. The lowest BCUT2D eigenvalue weighted by atomic mass is 10.00. The van der Waals surface area contributed by atoms with Crippen LogP contribution in [0.3, 0.4) is 0 Å². The highest BCUT2D eigenvalue weighted by Crippen LogP contribution is 2.19. The zero-order valence-electron chi connectivity index (χ0n) is 9.96. The van der Waals surface area contributed by atoms with Gasteiger partial charge in [0.15, 0.2) is 0 Å². The van der Waals surface area contributed by atoms with E-state index in [1.807, 2.05) is 0 Å². The lowest BCUT2D eigenvalue weighted by Crippen LogP contribution is -2.34. The molecule has 2 rings (SSSR count). The molecular weight excluding hydrogens is 218 g/mol. The van der Waals surface area contributed by atoms with E-state index in [4.69, 9.17) is 5.11 Å². The molecule has 92 valence electrons. The molecule has 1 aromatic heterocycles. The van der Waals surface area contributed by atoms with Gasteiger partial charge in [-0.05, 0) is 18.8 Å². The summed E-state index contributed by atoms with van der Waals surface area (Å²) in [4.78, 5) is 21.1. The summed E-state index contributed by atoms with van der Waals surface area (Å²) < 4.78 is 0. The zero-order valence-corrected chi connectivity index (χ0v) is 9.96. The molecule has 0 spiro atoms. The first kappa shape index (κ1) is 11.8. The van der Waals surface area contributed by atoms with Gasteiger partial charge in [0, 0.05) is 31.0 Å². The van der Waals surface area contributed by atoms with Gasteiger partial charge in [-0.1, -0.05) is 6.92 Å². The van der Waals surface area contributed by atoms with E-state index in [2.05, 4.69) is 21.8 Å². The molecule has 0 saturated carbocycles. The van der Waals surface area contributed by atoms with E-state index in [9.17, 15) is 4.79 Å². The fraction of sp³-hybridized carbons (Fsp3) is 0.583. The number of anilines is 1. The van der Waals surface area contributed by atoms with Crippen molar-refractivity contribution in [3.05, 3.63) is 18.0 Å². The van der Waals surface area contributed by atoms with Crippen molar-refractivity contribution in [1.29, 1.82) is 0 Å². The first-order valence-corrected chi connectivity index (χ1v) is 5.93. The summed E-state index contributed by atoms with van der Waals surface area (Å²) in [6.07, 6.45) is 5.53. The van der Waals surface area contributed by atoms with Crippen LogP contribution in [0.4, 0.5) is 5.95 Å². The Morgan fingerprint density at radius 2 is 2.00 bits per heavy atom. The number of hydrogen-bond acceptors (Lipinski definition) is 4. The summed E-state index contributed by atoms with van der Waals surface area (Å²) >= 11 is 0. The first-order chi connectivity index (χ1) is 8.15. The highest BCUT2D eigenvalue weighted by molar-refractivity contribution is 5.69. The highest BCUT2D eigenvalue weighted by atomic mass is 16.4. The normalized spacial score (nSPS) is 17.1. The minimum atomic E-state index is -0.854. The minimum absolute atomic E-state index is 0.0166. The van der Waals surface area contributed by atoms with E-state index in [0.717, 1.165) is 19.0 Å². The lowest BCUT2D eigenvalue weighted by molar-refractivity contribution is -0.136. The molecule has 0 aliphatic carbocycles. The molecule has 5 heteroatoms. The Morgan fingerprint density at radius 3 is 2.53 bits per heavy atom. The summed E-state index contributed by atoms with van der Waals surface area (Å²) in [6, 6.07) is 0. The molecule has 0 amide bonds. The van der Waals surface area contributed by atoms with Gasteiger partial charge in [0.1, 0.15) is 0 Å². The fourth-order valence-electron chi connectivity index (χ4n) is 1.99. The number of carboxylic acids is 1. The Balaban J connectivity index is 2.00. The Hall–Kier alpha value is -1.65. The second-order valence-corrected chi connectivity index (χ2v) is 4.63. The maximum Gasteiger partial charge on any atom is 0.307 e. The topological polar surface area (TPSA) is 66.3 Å². The molecule has 0 unspecified atom stereocenters. The number of nitrogens with zero attached hydrogens (tertiary/aromatic N) is 3. The molecule has 0 radical (unpaired) electrons. The van der Waals surface area contributed by atoms with E-state index >= 15 is 0 Å². The maximum atomic E-state index is 10.5. The second-order valence-electron chi connectivity index (χ2n) is 4.63. The van der Waals surface area contributed by atoms with Crippen molar-refractivity contribution in [2.75, 3.05) is 18.0 Å². The SMILES string of the molecule is CC1CCN(c2ncc(CC(=O)O)cn2)CC1. The van der Waals surface area contributed by atoms with Crippen LogP contribution in [0.5, 0.6) is 0 Å². The van der Waals surface area contributed by atoms with Gasteiger partial charge in [0.25, 0.3) is 0 Å². The third-order valence-corrected chi connectivity index (χ3v) is 3.11. The molecule has 0 aromatic carbocycles. The molecule has 1 N–H and O–H groups in total. The molecule has 17 heavy (non-hydrogen) atoms. The van der Waals surface area contributed by atoms with Gasteiger partial charge in [-0.2, -0.15) is 0 Å². The van der Waals surface area contributed by atoms with Crippen LogP contribution in [0.2, 0.25) is 0 Å². The average molecular weight is 235 g/mol. The van der Waals surface area contributed by atoms with Gasteiger partial charge < -0.3 is 10.0 Å². The molecule has 1 aliphatic heterocycles. The van der Waals surface area contributed by atoms with Crippen LogP contribution in [0.1, 0.15) is 25.3 Å². The predicted octanol–water partition coefficient (Wildman–Crippen LogP) is 1.34. The van der Waals surface area contributed by atoms with Crippen LogP contribution in [0.25, 0.3) is 0 Å². The van der Waals surface area contributed by atoms with Crippen LogP contribution in [-0.4, -0.2) is 34.1 Å². The van der Waals surface area contributed by atoms with Crippen LogP contribution in [0.15, 0.2) is 12.4 Å².